The maximum absolute atomic E-state index is 12.8. The number of pyridine rings is 1. The second kappa shape index (κ2) is 15.8. The van der Waals surface area contributed by atoms with E-state index in [-0.39, 0.29) is 49.6 Å². The van der Waals surface area contributed by atoms with Gasteiger partial charge in [0.25, 0.3) is 0 Å². The number of rotatable bonds is 8. The molecule has 0 bridgehead atoms. The normalized spacial score (nSPS) is 17.2. The molecule has 0 spiro atoms. The summed E-state index contributed by atoms with van der Waals surface area (Å²) >= 11 is 0. The second-order valence-corrected chi connectivity index (χ2v) is 7.62. The number of benzene rings is 1. The minimum Gasteiger partial charge on any atom is -0.384 e. The van der Waals surface area contributed by atoms with E-state index in [1.54, 1.807) is 6.07 Å². The van der Waals surface area contributed by atoms with E-state index in [0.29, 0.717) is 36.4 Å². The molecule has 1 aliphatic heterocycles. The molecule has 1 aromatic carbocycles. The lowest BCUT2D eigenvalue weighted by molar-refractivity contribution is -0.137. The van der Waals surface area contributed by atoms with Gasteiger partial charge in [0.05, 0.1) is 5.56 Å². The molecule has 5 nitrogen and oxygen atoms in total. The number of hydrogen-bond acceptors (Lipinski definition) is 5. The van der Waals surface area contributed by atoms with Crippen LogP contribution >= 0.6 is 49.6 Å². The van der Waals surface area contributed by atoms with Crippen molar-refractivity contribution in [3.63, 3.8) is 0 Å². The van der Waals surface area contributed by atoms with Crippen molar-refractivity contribution in [2.24, 2.45) is 5.92 Å². The van der Waals surface area contributed by atoms with Crippen molar-refractivity contribution in [3.05, 3.63) is 58.8 Å². The Hall–Kier alpha value is -1.000. The molecule has 5 N–H and O–H groups in total. The Balaban J connectivity index is 0. The molecule has 12 heteroatoms. The molecule has 33 heavy (non-hydrogen) atoms. The van der Waals surface area contributed by atoms with E-state index in [1.165, 1.54) is 12.1 Å². The number of alkyl halides is 3. The van der Waals surface area contributed by atoms with Gasteiger partial charge in [-0.05, 0) is 55.1 Å². The van der Waals surface area contributed by atoms with E-state index in [1.807, 2.05) is 13.0 Å². The van der Waals surface area contributed by atoms with Crippen LogP contribution in [0.25, 0.3) is 0 Å². The molecule has 1 fully saturated rings. The summed E-state index contributed by atoms with van der Waals surface area (Å²) in [6.45, 7) is 5.65. The highest BCUT2D eigenvalue weighted by Gasteiger charge is 2.30. The molecule has 0 unspecified atom stereocenters. The molecular formula is C21H32Cl4F3N5. The SMILES string of the molecule is Cc1cc(N)nc(C[C@H]2CNC[C@H]2NCCNCc2cccc(C(F)(F)F)c2)c1.Cl.Cl.Cl.Cl. The third-order valence-corrected chi connectivity index (χ3v) is 5.15. The Morgan fingerprint density at radius 1 is 1.06 bits per heavy atom. The van der Waals surface area contributed by atoms with Gasteiger partial charge in [0.1, 0.15) is 5.82 Å². The maximum atomic E-state index is 12.8. The quantitative estimate of drug-likeness (QED) is 0.370. The topological polar surface area (TPSA) is 75.0 Å². The third-order valence-electron chi connectivity index (χ3n) is 5.15. The van der Waals surface area contributed by atoms with Crippen molar-refractivity contribution in [2.75, 3.05) is 31.9 Å². The standard InChI is InChI=1S/C21H28F3N5.4ClH/c1-14-7-18(29-20(25)8-14)10-16-12-27-13-19(16)28-6-5-26-11-15-3-2-4-17(9-15)21(22,23)24;;;;/h2-4,7-9,16,19,26-28H,5-6,10-13H2,1H3,(H2,25,29);4*1H/t16-,19+;;;;/m0..../s1. The van der Waals surface area contributed by atoms with E-state index in [9.17, 15) is 13.2 Å². The molecule has 1 aromatic heterocycles. The van der Waals surface area contributed by atoms with Crippen molar-refractivity contribution >= 4 is 55.4 Å². The van der Waals surface area contributed by atoms with Gasteiger partial charge in [0.15, 0.2) is 0 Å². The van der Waals surface area contributed by atoms with Crippen LogP contribution < -0.4 is 21.7 Å². The van der Waals surface area contributed by atoms with Gasteiger partial charge in [-0.15, -0.1) is 49.6 Å². The monoisotopic (exact) mass is 551 g/mol. The van der Waals surface area contributed by atoms with E-state index in [0.717, 1.165) is 43.4 Å². The lowest BCUT2D eigenvalue weighted by atomic mass is 9.97. The molecule has 0 amide bonds. The van der Waals surface area contributed by atoms with E-state index < -0.39 is 11.7 Å². The number of halogens is 7. The lowest BCUT2D eigenvalue weighted by Gasteiger charge is -2.20. The molecule has 1 saturated heterocycles. The minimum absolute atomic E-state index is 0. The molecule has 2 aromatic rings. The minimum atomic E-state index is -4.31. The van der Waals surface area contributed by atoms with Gasteiger partial charge < -0.3 is 21.7 Å². The van der Waals surface area contributed by atoms with Crippen LogP contribution in [0.4, 0.5) is 19.0 Å². The highest BCUT2D eigenvalue weighted by molar-refractivity contribution is 5.86. The van der Waals surface area contributed by atoms with Crippen LogP contribution in [-0.2, 0) is 19.1 Å². The predicted molar refractivity (Wildman–Crippen MR) is 137 cm³/mol. The first-order valence-electron chi connectivity index (χ1n) is 9.85. The summed E-state index contributed by atoms with van der Waals surface area (Å²) in [5.41, 5.74) is 7.99. The summed E-state index contributed by atoms with van der Waals surface area (Å²) in [6, 6.07) is 9.69. The predicted octanol–water partition coefficient (Wildman–Crippen LogP) is 4.19. The summed E-state index contributed by atoms with van der Waals surface area (Å²) in [7, 11) is 0. The van der Waals surface area contributed by atoms with Crippen LogP contribution in [0.2, 0.25) is 0 Å². The molecule has 1 aliphatic rings. The van der Waals surface area contributed by atoms with Crippen LogP contribution in [0.1, 0.15) is 22.4 Å². The van der Waals surface area contributed by atoms with Crippen molar-refractivity contribution < 1.29 is 13.2 Å². The number of aryl methyl sites for hydroxylation is 1. The third kappa shape index (κ3) is 10.9. The zero-order valence-corrected chi connectivity index (χ0v) is 21.4. The van der Waals surface area contributed by atoms with Crippen molar-refractivity contribution in [2.45, 2.75) is 32.1 Å². The van der Waals surface area contributed by atoms with Gasteiger partial charge in [-0.3, -0.25) is 0 Å². The van der Waals surface area contributed by atoms with Crippen molar-refractivity contribution in [3.8, 4) is 0 Å². The zero-order valence-electron chi connectivity index (χ0n) is 18.2. The summed E-state index contributed by atoms with van der Waals surface area (Å²) < 4.78 is 38.3. The number of nitrogens with zero attached hydrogens (tertiary/aromatic N) is 1. The van der Waals surface area contributed by atoms with Crippen LogP contribution in [-0.4, -0.2) is 37.2 Å². The van der Waals surface area contributed by atoms with Crippen molar-refractivity contribution in [1.82, 2.24) is 20.9 Å². The van der Waals surface area contributed by atoms with Crippen LogP contribution in [0.3, 0.4) is 0 Å². The Morgan fingerprint density at radius 3 is 2.45 bits per heavy atom. The maximum Gasteiger partial charge on any atom is 0.416 e. The van der Waals surface area contributed by atoms with Crippen LogP contribution in [0, 0.1) is 12.8 Å². The molecule has 2 atom stereocenters. The molecule has 0 saturated carbocycles. The van der Waals surface area contributed by atoms with Gasteiger partial charge in [0.2, 0.25) is 0 Å². The fraction of sp³-hybridized carbons (Fsp3) is 0.476. The Bertz CT molecular complexity index is 806. The average Bonchev–Trinajstić information content (AvgIpc) is 3.07. The summed E-state index contributed by atoms with van der Waals surface area (Å²) in [4.78, 5) is 4.43. The summed E-state index contributed by atoms with van der Waals surface area (Å²) in [5, 5.41) is 10.2. The number of anilines is 1. The molecular weight excluding hydrogens is 521 g/mol. The largest absolute Gasteiger partial charge is 0.416 e. The van der Waals surface area contributed by atoms with E-state index >= 15 is 0 Å². The molecule has 0 radical (unpaired) electrons. The van der Waals surface area contributed by atoms with Crippen LogP contribution in [0.15, 0.2) is 36.4 Å². The zero-order chi connectivity index (χ0) is 20.9. The van der Waals surface area contributed by atoms with E-state index in [2.05, 4.69) is 27.0 Å². The number of nitrogen functional groups attached to an aromatic ring is 1. The Morgan fingerprint density at radius 2 is 1.79 bits per heavy atom. The Labute approximate surface area is 217 Å². The number of nitrogens with one attached hydrogen (secondary N) is 3. The first-order valence-corrected chi connectivity index (χ1v) is 9.85. The first-order chi connectivity index (χ1) is 13.8. The number of hydrogen-bond donors (Lipinski definition) is 4. The Kier molecular flexibility index (Phi) is 16.4. The molecule has 2 heterocycles. The van der Waals surface area contributed by atoms with Gasteiger partial charge in [-0.25, -0.2) is 4.98 Å². The second-order valence-electron chi connectivity index (χ2n) is 7.62. The molecule has 3 rings (SSSR count). The van der Waals surface area contributed by atoms with Gasteiger partial charge in [-0.2, -0.15) is 13.2 Å². The highest BCUT2D eigenvalue weighted by Crippen LogP contribution is 2.29. The number of nitrogens with two attached hydrogens (primary N) is 1. The fourth-order valence-electron chi connectivity index (χ4n) is 3.76. The summed E-state index contributed by atoms with van der Waals surface area (Å²) in [5.74, 6) is 0.974. The van der Waals surface area contributed by atoms with Gasteiger partial charge in [0, 0.05) is 37.9 Å². The number of aromatic nitrogens is 1. The first kappa shape index (κ1) is 34.2. The highest BCUT2D eigenvalue weighted by atomic mass is 35.5. The van der Waals surface area contributed by atoms with Gasteiger partial charge in [-0.1, -0.05) is 18.2 Å². The van der Waals surface area contributed by atoms with Crippen LogP contribution in [0.5, 0.6) is 0 Å². The fourth-order valence-corrected chi connectivity index (χ4v) is 3.76. The molecule has 0 aliphatic carbocycles. The van der Waals surface area contributed by atoms with E-state index in [4.69, 9.17) is 5.73 Å². The molecule has 190 valence electrons. The smallest absolute Gasteiger partial charge is 0.384 e. The lowest BCUT2D eigenvalue weighted by Crippen LogP contribution is -2.40. The van der Waals surface area contributed by atoms with Gasteiger partial charge >= 0.3 is 6.18 Å². The average molecular weight is 553 g/mol. The summed E-state index contributed by atoms with van der Waals surface area (Å²) in [6.07, 6.45) is -3.45. The van der Waals surface area contributed by atoms with Crippen molar-refractivity contribution in [1.29, 1.82) is 0 Å².